The van der Waals surface area contributed by atoms with Crippen LogP contribution in [0.5, 0.6) is 0 Å². The van der Waals surface area contributed by atoms with E-state index in [9.17, 15) is 4.79 Å². The number of azide groups is 1. The van der Waals surface area contributed by atoms with Gasteiger partial charge < -0.3 is 10.6 Å². The van der Waals surface area contributed by atoms with Crippen molar-refractivity contribution in [2.75, 3.05) is 6.54 Å². The second kappa shape index (κ2) is 5.97. The summed E-state index contributed by atoms with van der Waals surface area (Å²) in [5, 5.41) is 10.2. The normalized spacial score (nSPS) is 29.7. The summed E-state index contributed by atoms with van der Waals surface area (Å²) in [6.07, 6.45) is 7.81. The molecule has 3 aliphatic rings. The smallest absolute Gasteiger partial charge is 0.241 e. The second-order valence-corrected chi connectivity index (χ2v) is 5.89. The minimum Gasteiger partial charge on any atom is -0.355 e. The molecular weight excluding hydrogens is 292 g/mol. The largest absolute Gasteiger partial charge is 0.355 e. The molecule has 1 saturated carbocycles. The maximum absolute atomic E-state index is 12.3. The number of hydrogen-bond donors (Lipinski definition) is 2. The SMILES string of the molecule is [N-]=[N+]=NC[C@@H]1C(=O)NC2=CC=C(Cl)NC2N1C1CCCC1. The summed E-state index contributed by atoms with van der Waals surface area (Å²) in [7, 11) is 0. The van der Waals surface area contributed by atoms with Crippen LogP contribution in [0.2, 0.25) is 0 Å². The number of nitrogens with zero attached hydrogens (tertiary/aromatic N) is 4. The van der Waals surface area contributed by atoms with Crippen molar-refractivity contribution in [3.05, 3.63) is 33.4 Å². The van der Waals surface area contributed by atoms with Gasteiger partial charge in [-0.05, 0) is 30.5 Å². The van der Waals surface area contributed by atoms with E-state index in [0.717, 1.165) is 31.4 Å². The summed E-state index contributed by atoms with van der Waals surface area (Å²) >= 11 is 6.08. The summed E-state index contributed by atoms with van der Waals surface area (Å²) in [6.45, 7) is 0.131. The molecule has 2 aliphatic heterocycles. The summed E-state index contributed by atoms with van der Waals surface area (Å²) in [6, 6.07) is -0.153. The Kier molecular flexibility index (Phi) is 4.05. The molecular formula is C13H17ClN6O. The Morgan fingerprint density at radius 3 is 2.90 bits per heavy atom. The van der Waals surface area contributed by atoms with Crippen LogP contribution in [0.3, 0.4) is 0 Å². The van der Waals surface area contributed by atoms with Crippen LogP contribution in [0.4, 0.5) is 0 Å². The fourth-order valence-corrected chi connectivity index (χ4v) is 3.52. The molecule has 1 unspecified atom stereocenters. The van der Waals surface area contributed by atoms with Gasteiger partial charge in [0.1, 0.15) is 11.3 Å². The molecule has 0 bridgehead atoms. The first kappa shape index (κ1) is 14.3. The standard InChI is InChI=1S/C13H17ClN6O/c14-11-6-5-9-12(18-11)20(8-3-1-2-4-8)10(7-16-19-15)13(21)17-9/h5-6,8,10,12,18H,1-4,7H2,(H,17,21)/t10-,12?/m1/s1. The maximum atomic E-state index is 12.3. The van der Waals surface area contributed by atoms with E-state index in [2.05, 4.69) is 25.6 Å². The van der Waals surface area contributed by atoms with Crippen molar-refractivity contribution in [3.63, 3.8) is 0 Å². The molecule has 0 spiro atoms. The van der Waals surface area contributed by atoms with Crippen LogP contribution in [0, 0.1) is 0 Å². The van der Waals surface area contributed by atoms with Crippen LogP contribution >= 0.6 is 11.6 Å². The van der Waals surface area contributed by atoms with Crippen molar-refractivity contribution < 1.29 is 4.79 Å². The zero-order chi connectivity index (χ0) is 14.8. The number of fused-ring (bicyclic) bond motifs is 1. The first-order chi connectivity index (χ1) is 10.2. The number of carbonyl (C=O) groups excluding carboxylic acids is 1. The van der Waals surface area contributed by atoms with Crippen LogP contribution < -0.4 is 10.6 Å². The van der Waals surface area contributed by atoms with Crippen molar-refractivity contribution in [3.8, 4) is 0 Å². The number of allylic oxidation sites excluding steroid dienone is 2. The van der Waals surface area contributed by atoms with E-state index in [1.807, 2.05) is 6.08 Å². The fourth-order valence-electron chi connectivity index (χ4n) is 3.36. The predicted octanol–water partition coefficient (Wildman–Crippen LogP) is 1.93. The highest BCUT2D eigenvalue weighted by Gasteiger charge is 2.43. The molecule has 21 heavy (non-hydrogen) atoms. The third-order valence-electron chi connectivity index (χ3n) is 4.27. The van der Waals surface area contributed by atoms with E-state index in [1.165, 1.54) is 0 Å². The van der Waals surface area contributed by atoms with Crippen LogP contribution in [0.25, 0.3) is 10.4 Å². The number of nitrogens with one attached hydrogen (secondary N) is 2. The van der Waals surface area contributed by atoms with Crippen molar-refractivity contribution in [1.29, 1.82) is 0 Å². The van der Waals surface area contributed by atoms with Gasteiger partial charge in [-0.1, -0.05) is 29.6 Å². The summed E-state index contributed by atoms with van der Waals surface area (Å²) in [5.41, 5.74) is 9.36. The third-order valence-corrected chi connectivity index (χ3v) is 4.51. The number of halogens is 1. The van der Waals surface area contributed by atoms with E-state index in [4.69, 9.17) is 17.1 Å². The highest BCUT2D eigenvalue weighted by molar-refractivity contribution is 6.29. The minimum atomic E-state index is -0.457. The lowest BCUT2D eigenvalue weighted by Gasteiger charge is -2.46. The molecule has 2 N–H and O–H groups in total. The number of rotatable bonds is 3. The Balaban J connectivity index is 1.93. The average molecular weight is 309 g/mol. The molecule has 3 rings (SSSR count). The van der Waals surface area contributed by atoms with Gasteiger partial charge in [-0.2, -0.15) is 0 Å². The van der Waals surface area contributed by atoms with E-state index in [1.54, 1.807) is 6.08 Å². The molecule has 2 heterocycles. The molecule has 1 amide bonds. The van der Waals surface area contributed by atoms with Crippen LogP contribution in [0.15, 0.2) is 28.1 Å². The number of hydrogen-bond acceptors (Lipinski definition) is 4. The van der Waals surface area contributed by atoms with Gasteiger partial charge in [-0.25, -0.2) is 0 Å². The molecule has 112 valence electrons. The Morgan fingerprint density at radius 2 is 2.19 bits per heavy atom. The molecule has 1 aliphatic carbocycles. The van der Waals surface area contributed by atoms with E-state index >= 15 is 0 Å². The van der Waals surface area contributed by atoms with E-state index < -0.39 is 6.04 Å². The average Bonchev–Trinajstić information content (AvgIpc) is 2.99. The number of piperazine rings is 1. The number of dihydropyridines is 1. The van der Waals surface area contributed by atoms with Gasteiger partial charge in [0.15, 0.2) is 0 Å². The summed E-state index contributed by atoms with van der Waals surface area (Å²) in [5.74, 6) is -0.120. The topological polar surface area (TPSA) is 93.1 Å². The maximum Gasteiger partial charge on any atom is 0.241 e. The molecule has 2 fully saturated rings. The molecule has 0 aromatic carbocycles. The van der Waals surface area contributed by atoms with Crippen LogP contribution in [-0.4, -0.2) is 35.6 Å². The highest BCUT2D eigenvalue weighted by atomic mass is 35.5. The van der Waals surface area contributed by atoms with Crippen LogP contribution in [-0.2, 0) is 4.79 Å². The Labute approximate surface area is 127 Å². The summed E-state index contributed by atoms with van der Waals surface area (Å²) < 4.78 is 0. The van der Waals surface area contributed by atoms with Crippen molar-refractivity contribution in [2.24, 2.45) is 5.11 Å². The Hall–Kier alpha value is -1.69. The molecule has 2 atom stereocenters. The quantitative estimate of drug-likeness (QED) is 0.361. The fraction of sp³-hybridized carbons (Fsp3) is 0.615. The van der Waals surface area contributed by atoms with Gasteiger partial charge in [-0.3, -0.25) is 9.69 Å². The zero-order valence-electron chi connectivity index (χ0n) is 11.5. The van der Waals surface area contributed by atoms with Gasteiger partial charge in [0, 0.05) is 11.0 Å². The van der Waals surface area contributed by atoms with E-state index in [-0.39, 0.29) is 18.6 Å². The minimum absolute atomic E-state index is 0.120. The lowest BCUT2D eigenvalue weighted by molar-refractivity contribution is -0.130. The first-order valence-electron chi connectivity index (χ1n) is 7.14. The van der Waals surface area contributed by atoms with Gasteiger partial charge in [0.05, 0.1) is 18.3 Å². The van der Waals surface area contributed by atoms with Crippen LogP contribution in [0.1, 0.15) is 25.7 Å². The lowest BCUT2D eigenvalue weighted by atomic mass is 10.0. The van der Waals surface area contributed by atoms with Crippen molar-refractivity contribution >= 4 is 17.5 Å². The van der Waals surface area contributed by atoms with E-state index in [0.29, 0.717) is 11.2 Å². The van der Waals surface area contributed by atoms with Gasteiger partial charge in [-0.15, -0.1) is 0 Å². The molecule has 0 aromatic heterocycles. The molecule has 0 aromatic rings. The predicted molar refractivity (Wildman–Crippen MR) is 79.0 cm³/mol. The first-order valence-corrected chi connectivity index (χ1v) is 7.51. The summed E-state index contributed by atoms with van der Waals surface area (Å²) in [4.78, 5) is 17.3. The molecule has 1 saturated heterocycles. The second-order valence-electron chi connectivity index (χ2n) is 5.49. The molecule has 7 nitrogen and oxygen atoms in total. The number of amides is 1. The Bertz CT molecular complexity index is 543. The highest BCUT2D eigenvalue weighted by Crippen LogP contribution is 2.32. The van der Waals surface area contributed by atoms with Gasteiger partial charge in [0.25, 0.3) is 0 Å². The van der Waals surface area contributed by atoms with Crippen molar-refractivity contribution in [1.82, 2.24) is 15.5 Å². The van der Waals surface area contributed by atoms with Gasteiger partial charge >= 0.3 is 0 Å². The number of carbonyl (C=O) groups is 1. The van der Waals surface area contributed by atoms with Crippen molar-refractivity contribution in [2.45, 2.75) is 43.9 Å². The molecule has 0 radical (unpaired) electrons. The monoisotopic (exact) mass is 308 g/mol. The molecule has 8 heteroatoms. The Morgan fingerprint density at radius 1 is 1.43 bits per heavy atom. The van der Waals surface area contributed by atoms with Gasteiger partial charge in [0.2, 0.25) is 5.91 Å². The third kappa shape index (κ3) is 2.72. The zero-order valence-corrected chi connectivity index (χ0v) is 12.3. The lowest BCUT2D eigenvalue weighted by Crippen LogP contribution is -2.66.